The van der Waals surface area contributed by atoms with E-state index in [0.29, 0.717) is 25.5 Å². The summed E-state index contributed by atoms with van der Waals surface area (Å²) in [7, 11) is 0. The van der Waals surface area contributed by atoms with Crippen LogP contribution in [-0.4, -0.2) is 46.4 Å². The summed E-state index contributed by atoms with van der Waals surface area (Å²) in [5.74, 6) is 0.0797. The molecular formula is C13H21N3O2. The van der Waals surface area contributed by atoms with E-state index in [0.717, 1.165) is 19.4 Å². The Bertz CT molecular complexity index is 403. The number of aromatic nitrogens is 2. The molecule has 1 aliphatic rings. The predicted molar refractivity (Wildman–Crippen MR) is 68.5 cm³/mol. The highest BCUT2D eigenvalue weighted by Crippen LogP contribution is 2.14. The Labute approximate surface area is 108 Å². The maximum atomic E-state index is 12.5. The summed E-state index contributed by atoms with van der Waals surface area (Å²) in [6, 6.07) is 2.00. The molecule has 0 N–H and O–H groups in total. The molecule has 1 atom stereocenters. The topological polar surface area (TPSA) is 47.4 Å². The molecule has 1 aliphatic heterocycles. The van der Waals surface area contributed by atoms with Gasteiger partial charge in [-0.05, 0) is 18.9 Å². The smallest absolute Gasteiger partial charge is 0.272 e. The van der Waals surface area contributed by atoms with Gasteiger partial charge in [0, 0.05) is 19.3 Å². The average molecular weight is 251 g/mol. The molecule has 0 spiro atoms. The highest BCUT2D eigenvalue weighted by molar-refractivity contribution is 5.92. The molecule has 1 fully saturated rings. The van der Waals surface area contributed by atoms with E-state index in [2.05, 4.69) is 18.9 Å². The van der Waals surface area contributed by atoms with Crippen LogP contribution in [0.4, 0.5) is 0 Å². The van der Waals surface area contributed by atoms with Crippen LogP contribution in [0.1, 0.15) is 37.2 Å². The van der Waals surface area contributed by atoms with Gasteiger partial charge >= 0.3 is 0 Å². The van der Waals surface area contributed by atoms with Crippen molar-refractivity contribution in [2.45, 2.75) is 39.3 Å². The van der Waals surface area contributed by atoms with Crippen molar-refractivity contribution in [2.24, 2.45) is 0 Å². The number of carbonyl (C=O) groups excluding carboxylic acids is 1. The molecule has 0 aliphatic carbocycles. The van der Waals surface area contributed by atoms with Crippen molar-refractivity contribution >= 4 is 5.91 Å². The normalized spacial score (nSPS) is 20.1. The molecule has 2 heterocycles. The van der Waals surface area contributed by atoms with Crippen LogP contribution in [0, 0.1) is 0 Å². The minimum atomic E-state index is 0.0797. The van der Waals surface area contributed by atoms with Crippen LogP contribution in [-0.2, 0) is 11.3 Å². The molecule has 5 heteroatoms. The van der Waals surface area contributed by atoms with Crippen LogP contribution in [0.15, 0.2) is 12.3 Å². The third-order valence-corrected chi connectivity index (χ3v) is 3.33. The maximum Gasteiger partial charge on any atom is 0.272 e. The molecule has 1 amide bonds. The third kappa shape index (κ3) is 2.56. The summed E-state index contributed by atoms with van der Waals surface area (Å²) in [4.78, 5) is 14.5. The standard InChI is InChI=1S/C13H21N3O2/c1-3-7-16-12(5-6-14-16)13(17)15-8-9-18-10-11(15)4-2/h5-6,11H,3-4,7-10H2,1-2H3/t11-/m0/s1. The summed E-state index contributed by atoms with van der Waals surface area (Å²) in [6.07, 6.45) is 3.60. The van der Waals surface area contributed by atoms with Gasteiger partial charge in [0.05, 0.1) is 19.3 Å². The Morgan fingerprint density at radius 3 is 3.11 bits per heavy atom. The first kappa shape index (κ1) is 13.1. The van der Waals surface area contributed by atoms with E-state index in [1.54, 1.807) is 16.9 Å². The van der Waals surface area contributed by atoms with Gasteiger partial charge in [0.1, 0.15) is 5.69 Å². The fraction of sp³-hybridized carbons (Fsp3) is 0.692. The minimum Gasteiger partial charge on any atom is -0.377 e. The summed E-state index contributed by atoms with van der Waals surface area (Å²) in [5.41, 5.74) is 0.692. The Morgan fingerprint density at radius 2 is 2.39 bits per heavy atom. The first-order valence-electron chi connectivity index (χ1n) is 6.68. The fourth-order valence-electron chi connectivity index (χ4n) is 2.31. The van der Waals surface area contributed by atoms with Gasteiger partial charge in [-0.2, -0.15) is 5.10 Å². The Balaban J connectivity index is 2.16. The molecule has 0 bridgehead atoms. The second kappa shape index (κ2) is 6.00. The van der Waals surface area contributed by atoms with Crippen LogP contribution in [0.3, 0.4) is 0 Å². The van der Waals surface area contributed by atoms with E-state index in [9.17, 15) is 4.79 Å². The first-order chi connectivity index (χ1) is 8.77. The van der Waals surface area contributed by atoms with Crippen molar-refractivity contribution < 1.29 is 9.53 Å². The van der Waals surface area contributed by atoms with Crippen molar-refractivity contribution in [3.63, 3.8) is 0 Å². The zero-order valence-electron chi connectivity index (χ0n) is 11.1. The summed E-state index contributed by atoms with van der Waals surface area (Å²) in [5, 5.41) is 4.21. The molecule has 5 nitrogen and oxygen atoms in total. The van der Waals surface area contributed by atoms with Gasteiger partial charge in [-0.25, -0.2) is 0 Å². The lowest BCUT2D eigenvalue weighted by Gasteiger charge is -2.35. The maximum absolute atomic E-state index is 12.5. The highest BCUT2D eigenvalue weighted by Gasteiger charge is 2.28. The monoisotopic (exact) mass is 251 g/mol. The summed E-state index contributed by atoms with van der Waals surface area (Å²) in [6.45, 7) is 6.90. The van der Waals surface area contributed by atoms with E-state index < -0.39 is 0 Å². The van der Waals surface area contributed by atoms with Gasteiger partial charge in [0.25, 0.3) is 5.91 Å². The van der Waals surface area contributed by atoms with E-state index in [1.807, 2.05) is 4.90 Å². The van der Waals surface area contributed by atoms with Crippen LogP contribution in [0.5, 0.6) is 0 Å². The molecule has 100 valence electrons. The number of amides is 1. The number of hydrogen-bond donors (Lipinski definition) is 0. The molecule has 0 aromatic carbocycles. The molecular weight excluding hydrogens is 230 g/mol. The van der Waals surface area contributed by atoms with Crippen molar-refractivity contribution in [1.29, 1.82) is 0 Å². The summed E-state index contributed by atoms with van der Waals surface area (Å²) < 4.78 is 7.23. The van der Waals surface area contributed by atoms with E-state index >= 15 is 0 Å². The average Bonchev–Trinajstić information content (AvgIpc) is 2.86. The molecule has 0 saturated carbocycles. The fourth-order valence-corrected chi connectivity index (χ4v) is 2.31. The van der Waals surface area contributed by atoms with Crippen LogP contribution < -0.4 is 0 Å². The Kier molecular flexibility index (Phi) is 4.36. The summed E-state index contributed by atoms with van der Waals surface area (Å²) >= 11 is 0. The van der Waals surface area contributed by atoms with Crippen LogP contribution >= 0.6 is 0 Å². The Hall–Kier alpha value is -1.36. The lowest BCUT2D eigenvalue weighted by Crippen LogP contribution is -2.48. The second-order valence-electron chi connectivity index (χ2n) is 4.58. The Morgan fingerprint density at radius 1 is 1.56 bits per heavy atom. The van der Waals surface area contributed by atoms with Gasteiger partial charge in [-0.1, -0.05) is 13.8 Å². The lowest BCUT2D eigenvalue weighted by atomic mass is 10.1. The lowest BCUT2D eigenvalue weighted by molar-refractivity contribution is -0.00343. The van der Waals surface area contributed by atoms with E-state index in [-0.39, 0.29) is 11.9 Å². The number of hydrogen-bond acceptors (Lipinski definition) is 3. The quantitative estimate of drug-likeness (QED) is 0.815. The minimum absolute atomic E-state index is 0.0797. The largest absolute Gasteiger partial charge is 0.377 e. The first-order valence-corrected chi connectivity index (χ1v) is 6.68. The zero-order chi connectivity index (χ0) is 13.0. The molecule has 18 heavy (non-hydrogen) atoms. The van der Waals surface area contributed by atoms with Gasteiger partial charge in [-0.3, -0.25) is 9.48 Å². The molecule has 0 unspecified atom stereocenters. The van der Waals surface area contributed by atoms with Gasteiger partial charge in [-0.15, -0.1) is 0 Å². The second-order valence-corrected chi connectivity index (χ2v) is 4.58. The van der Waals surface area contributed by atoms with Crippen LogP contribution in [0.2, 0.25) is 0 Å². The van der Waals surface area contributed by atoms with Crippen molar-refractivity contribution in [1.82, 2.24) is 14.7 Å². The number of morpholine rings is 1. The van der Waals surface area contributed by atoms with Crippen LogP contribution in [0.25, 0.3) is 0 Å². The number of carbonyl (C=O) groups is 1. The molecule has 0 radical (unpaired) electrons. The van der Waals surface area contributed by atoms with Crippen molar-refractivity contribution in [3.8, 4) is 0 Å². The SMILES string of the molecule is CCCn1nccc1C(=O)N1CCOC[C@@H]1CC. The molecule has 1 aromatic rings. The van der Waals surface area contributed by atoms with Gasteiger partial charge in [0.15, 0.2) is 0 Å². The van der Waals surface area contributed by atoms with Gasteiger partial charge in [0.2, 0.25) is 0 Å². The van der Waals surface area contributed by atoms with E-state index in [1.165, 1.54) is 0 Å². The van der Waals surface area contributed by atoms with E-state index in [4.69, 9.17) is 4.74 Å². The van der Waals surface area contributed by atoms with Crippen molar-refractivity contribution in [2.75, 3.05) is 19.8 Å². The molecule has 2 rings (SSSR count). The molecule has 1 saturated heterocycles. The predicted octanol–water partition coefficient (Wildman–Crippen LogP) is 1.54. The zero-order valence-corrected chi connectivity index (χ0v) is 11.1. The third-order valence-electron chi connectivity index (χ3n) is 3.33. The van der Waals surface area contributed by atoms with Crippen molar-refractivity contribution in [3.05, 3.63) is 18.0 Å². The van der Waals surface area contributed by atoms with Gasteiger partial charge < -0.3 is 9.64 Å². The molecule has 1 aromatic heterocycles. The number of nitrogens with zero attached hydrogens (tertiary/aromatic N) is 3. The number of ether oxygens (including phenoxy) is 1. The number of aryl methyl sites for hydroxylation is 1. The number of rotatable bonds is 4. The highest BCUT2D eigenvalue weighted by atomic mass is 16.5.